The quantitative estimate of drug-likeness (QED) is 0.667. The molecule has 0 unspecified atom stereocenters. The van der Waals surface area contributed by atoms with Crippen molar-refractivity contribution < 1.29 is 38.0 Å². The average Bonchev–Trinajstić information content (AvgIpc) is 3.22. The zero-order valence-electron chi connectivity index (χ0n) is 16.3. The van der Waals surface area contributed by atoms with Crippen molar-refractivity contribution >= 4 is 11.9 Å². The van der Waals surface area contributed by atoms with E-state index in [0.717, 1.165) is 5.56 Å². The zero-order valence-corrected chi connectivity index (χ0v) is 16.3. The number of hydrogen-bond acceptors (Lipinski definition) is 8. The van der Waals surface area contributed by atoms with Crippen LogP contribution in [0.4, 0.5) is 0 Å². The predicted molar refractivity (Wildman–Crippen MR) is 101 cm³/mol. The third-order valence-electron chi connectivity index (χ3n) is 4.19. The van der Waals surface area contributed by atoms with Crippen molar-refractivity contribution in [3.05, 3.63) is 41.5 Å². The van der Waals surface area contributed by atoms with Gasteiger partial charge in [-0.25, -0.2) is 4.79 Å². The standard InChI is InChI=1S/C20H21NO8/c1-24-15-8-17(26-3)16(25-2)7-13(15)20(23)27-10-19(22)21-9-12-4-5-14-18(6-12)29-11-28-14/h4-8H,9-11H2,1-3H3,(H,21,22). The second kappa shape index (κ2) is 9.05. The first-order valence-electron chi connectivity index (χ1n) is 8.68. The summed E-state index contributed by atoms with van der Waals surface area (Å²) < 4.78 is 31.2. The Balaban J connectivity index is 1.56. The minimum atomic E-state index is -0.721. The summed E-state index contributed by atoms with van der Waals surface area (Å²) in [6, 6.07) is 8.31. The van der Waals surface area contributed by atoms with Gasteiger partial charge in [-0.2, -0.15) is 0 Å². The van der Waals surface area contributed by atoms with E-state index in [-0.39, 0.29) is 24.7 Å². The van der Waals surface area contributed by atoms with E-state index in [0.29, 0.717) is 23.0 Å². The van der Waals surface area contributed by atoms with Gasteiger partial charge in [0, 0.05) is 18.7 Å². The number of fused-ring (bicyclic) bond motifs is 1. The van der Waals surface area contributed by atoms with Crippen LogP contribution in [0.2, 0.25) is 0 Å². The lowest BCUT2D eigenvalue weighted by Crippen LogP contribution is -2.28. The second-order valence-corrected chi connectivity index (χ2v) is 5.95. The molecule has 2 aromatic rings. The van der Waals surface area contributed by atoms with Gasteiger partial charge in [-0.1, -0.05) is 6.07 Å². The normalized spacial score (nSPS) is 11.6. The van der Waals surface area contributed by atoms with Gasteiger partial charge in [0.25, 0.3) is 5.91 Å². The molecular formula is C20H21NO8. The van der Waals surface area contributed by atoms with Crippen molar-refractivity contribution in [3.8, 4) is 28.7 Å². The van der Waals surface area contributed by atoms with Crippen LogP contribution in [0.25, 0.3) is 0 Å². The minimum Gasteiger partial charge on any atom is -0.496 e. The van der Waals surface area contributed by atoms with Crippen LogP contribution in [0, 0.1) is 0 Å². The van der Waals surface area contributed by atoms with Crippen molar-refractivity contribution in [2.45, 2.75) is 6.54 Å². The molecule has 154 valence electrons. The monoisotopic (exact) mass is 403 g/mol. The molecule has 0 fully saturated rings. The van der Waals surface area contributed by atoms with E-state index in [9.17, 15) is 9.59 Å². The number of amides is 1. The molecule has 1 N–H and O–H groups in total. The van der Waals surface area contributed by atoms with Crippen LogP contribution in [-0.4, -0.2) is 46.6 Å². The molecule has 1 heterocycles. The smallest absolute Gasteiger partial charge is 0.342 e. The van der Waals surface area contributed by atoms with E-state index in [1.54, 1.807) is 12.1 Å². The molecule has 0 saturated carbocycles. The summed E-state index contributed by atoms with van der Waals surface area (Å²) >= 11 is 0. The number of esters is 1. The van der Waals surface area contributed by atoms with Crippen molar-refractivity contribution in [1.82, 2.24) is 5.32 Å². The van der Waals surface area contributed by atoms with Gasteiger partial charge in [-0.3, -0.25) is 4.79 Å². The fourth-order valence-electron chi connectivity index (χ4n) is 2.70. The van der Waals surface area contributed by atoms with E-state index in [2.05, 4.69) is 5.32 Å². The molecule has 1 aliphatic heterocycles. The Morgan fingerprint density at radius 1 is 0.931 bits per heavy atom. The first-order chi connectivity index (χ1) is 14.0. The molecule has 0 spiro atoms. The SMILES string of the molecule is COc1cc(OC)c(C(=O)OCC(=O)NCc2ccc3c(c2)OCO3)cc1OC. The molecule has 1 aliphatic rings. The summed E-state index contributed by atoms with van der Waals surface area (Å²) in [5.41, 5.74) is 0.948. The fraction of sp³-hybridized carbons (Fsp3) is 0.300. The van der Waals surface area contributed by atoms with E-state index < -0.39 is 18.5 Å². The lowest BCUT2D eigenvalue weighted by atomic mass is 10.1. The molecule has 9 nitrogen and oxygen atoms in total. The zero-order chi connectivity index (χ0) is 20.8. The number of ether oxygens (including phenoxy) is 6. The summed E-state index contributed by atoms with van der Waals surface area (Å²) in [5, 5.41) is 2.68. The van der Waals surface area contributed by atoms with Gasteiger partial charge in [0.05, 0.1) is 21.3 Å². The molecule has 2 aromatic carbocycles. The average molecular weight is 403 g/mol. The van der Waals surface area contributed by atoms with Crippen LogP contribution in [0.15, 0.2) is 30.3 Å². The number of methoxy groups -OCH3 is 3. The largest absolute Gasteiger partial charge is 0.496 e. The highest BCUT2D eigenvalue weighted by atomic mass is 16.7. The Morgan fingerprint density at radius 3 is 2.34 bits per heavy atom. The van der Waals surface area contributed by atoms with E-state index in [1.165, 1.54) is 33.5 Å². The number of carbonyl (C=O) groups excluding carboxylic acids is 2. The third-order valence-corrected chi connectivity index (χ3v) is 4.19. The van der Waals surface area contributed by atoms with Crippen LogP contribution in [0.3, 0.4) is 0 Å². The first kappa shape index (κ1) is 20.1. The molecule has 0 radical (unpaired) electrons. The van der Waals surface area contributed by atoms with Gasteiger partial charge in [-0.05, 0) is 17.7 Å². The lowest BCUT2D eigenvalue weighted by molar-refractivity contribution is -0.124. The number of benzene rings is 2. The van der Waals surface area contributed by atoms with Crippen LogP contribution in [0.5, 0.6) is 28.7 Å². The molecular weight excluding hydrogens is 382 g/mol. The van der Waals surface area contributed by atoms with Gasteiger partial charge >= 0.3 is 5.97 Å². The molecule has 0 aliphatic carbocycles. The maximum atomic E-state index is 12.4. The van der Waals surface area contributed by atoms with E-state index in [4.69, 9.17) is 28.4 Å². The molecule has 1 amide bonds. The maximum Gasteiger partial charge on any atom is 0.342 e. The lowest BCUT2D eigenvalue weighted by Gasteiger charge is -2.13. The Kier molecular flexibility index (Phi) is 6.28. The summed E-state index contributed by atoms with van der Waals surface area (Å²) in [7, 11) is 4.33. The third kappa shape index (κ3) is 4.63. The van der Waals surface area contributed by atoms with Crippen LogP contribution < -0.4 is 29.0 Å². The molecule has 29 heavy (non-hydrogen) atoms. The van der Waals surface area contributed by atoms with Crippen LogP contribution in [-0.2, 0) is 16.1 Å². The highest BCUT2D eigenvalue weighted by Crippen LogP contribution is 2.35. The Labute approximate surface area is 167 Å². The molecule has 0 bridgehead atoms. The number of hydrogen-bond donors (Lipinski definition) is 1. The van der Waals surface area contributed by atoms with E-state index >= 15 is 0 Å². The molecule has 9 heteroatoms. The maximum absolute atomic E-state index is 12.4. The number of rotatable bonds is 8. The molecule has 0 atom stereocenters. The van der Waals surface area contributed by atoms with Gasteiger partial charge in [0.2, 0.25) is 6.79 Å². The van der Waals surface area contributed by atoms with Gasteiger partial charge in [-0.15, -0.1) is 0 Å². The van der Waals surface area contributed by atoms with Gasteiger partial charge in [0.15, 0.2) is 29.6 Å². The predicted octanol–water partition coefficient (Wildman–Crippen LogP) is 1.91. The summed E-state index contributed by atoms with van der Waals surface area (Å²) in [5.74, 6) is 1.11. The molecule has 0 aromatic heterocycles. The number of carbonyl (C=O) groups is 2. The topological polar surface area (TPSA) is 102 Å². The number of nitrogens with one attached hydrogen (secondary N) is 1. The summed E-state index contributed by atoms with van der Waals surface area (Å²) in [6.45, 7) is -0.00566. The highest BCUT2D eigenvalue weighted by molar-refractivity contribution is 5.95. The van der Waals surface area contributed by atoms with Gasteiger partial charge < -0.3 is 33.7 Å². The van der Waals surface area contributed by atoms with Crippen LogP contribution >= 0.6 is 0 Å². The minimum absolute atomic E-state index is 0.119. The Bertz CT molecular complexity index is 912. The summed E-state index contributed by atoms with van der Waals surface area (Å²) in [4.78, 5) is 24.4. The van der Waals surface area contributed by atoms with Crippen molar-refractivity contribution in [2.24, 2.45) is 0 Å². The van der Waals surface area contributed by atoms with Crippen molar-refractivity contribution in [1.29, 1.82) is 0 Å². The van der Waals surface area contributed by atoms with Crippen molar-refractivity contribution in [2.75, 3.05) is 34.7 Å². The first-order valence-corrected chi connectivity index (χ1v) is 8.68. The van der Waals surface area contributed by atoms with E-state index in [1.807, 2.05) is 6.07 Å². The fourth-order valence-corrected chi connectivity index (χ4v) is 2.70. The van der Waals surface area contributed by atoms with Gasteiger partial charge in [0.1, 0.15) is 11.3 Å². The summed E-state index contributed by atoms with van der Waals surface area (Å²) in [6.07, 6.45) is 0. The molecule has 3 rings (SSSR count). The second-order valence-electron chi connectivity index (χ2n) is 5.95. The van der Waals surface area contributed by atoms with Crippen molar-refractivity contribution in [3.63, 3.8) is 0 Å². The van der Waals surface area contributed by atoms with Crippen LogP contribution in [0.1, 0.15) is 15.9 Å². The highest BCUT2D eigenvalue weighted by Gasteiger charge is 2.20. The molecule has 0 saturated heterocycles. The Hall–Kier alpha value is -3.62. The Morgan fingerprint density at radius 2 is 1.62 bits per heavy atom.